The number of benzene rings is 1. The highest BCUT2D eigenvalue weighted by atomic mass is 32.1. The van der Waals surface area contributed by atoms with Gasteiger partial charge in [0.25, 0.3) is 0 Å². The van der Waals surface area contributed by atoms with E-state index in [2.05, 4.69) is 9.88 Å². The second-order valence-electron chi connectivity index (χ2n) is 7.60. The van der Waals surface area contributed by atoms with Crippen molar-refractivity contribution in [3.63, 3.8) is 0 Å². The summed E-state index contributed by atoms with van der Waals surface area (Å²) in [5.41, 5.74) is 1.97. The lowest BCUT2D eigenvalue weighted by Crippen LogP contribution is -2.47. The second-order valence-corrected chi connectivity index (χ2v) is 8.68. The summed E-state index contributed by atoms with van der Waals surface area (Å²) in [7, 11) is 0. The van der Waals surface area contributed by atoms with Gasteiger partial charge in [0.15, 0.2) is 5.78 Å². The van der Waals surface area contributed by atoms with E-state index < -0.39 is 5.97 Å². The van der Waals surface area contributed by atoms with Gasteiger partial charge in [-0.3, -0.25) is 19.5 Å². The number of carboxylic acids is 1. The number of aliphatic carboxylic acids is 1. The van der Waals surface area contributed by atoms with Crippen molar-refractivity contribution in [1.82, 2.24) is 9.88 Å². The zero-order chi connectivity index (χ0) is 20.9. The average molecular weight is 421 g/mol. The molecule has 30 heavy (non-hydrogen) atoms. The highest BCUT2D eigenvalue weighted by Crippen LogP contribution is 2.29. The number of carbonyl (C=O) groups excluding carboxylic acids is 1. The van der Waals surface area contributed by atoms with Crippen LogP contribution in [0, 0.1) is 5.92 Å². The van der Waals surface area contributed by atoms with Crippen LogP contribution in [0.2, 0.25) is 0 Å². The number of piperidine rings is 1. The Morgan fingerprint density at radius 1 is 1.03 bits per heavy atom. The SMILES string of the molecule is O=C(O)C1CCN(C(Cc2ccccc2)C(=O)c2ccc(-c3ccccn3)s2)CC1. The molecule has 1 aliphatic rings. The Balaban J connectivity index is 1.57. The van der Waals surface area contributed by atoms with Crippen LogP contribution in [0.15, 0.2) is 66.9 Å². The molecule has 1 aromatic carbocycles. The summed E-state index contributed by atoms with van der Waals surface area (Å²) in [4.78, 5) is 33.1. The second kappa shape index (κ2) is 9.32. The number of Topliss-reactive ketones (excluding diaryl/α,β-unsaturated/α-hetero) is 1. The number of likely N-dealkylation sites (tertiary alicyclic amines) is 1. The van der Waals surface area contributed by atoms with Crippen molar-refractivity contribution in [3.8, 4) is 10.6 Å². The molecular weight excluding hydrogens is 396 g/mol. The molecule has 2 aromatic heterocycles. The fourth-order valence-electron chi connectivity index (χ4n) is 3.96. The molecule has 1 fully saturated rings. The van der Waals surface area contributed by atoms with Gasteiger partial charge in [-0.1, -0.05) is 36.4 Å². The summed E-state index contributed by atoms with van der Waals surface area (Å²) in [5.74, 6) is -0.954. The zero-order valence-corrected chi connectivity index (χ0v) is 17.4. The van der Waals surface area contributed by atoms with Crippen molar-refractivity contribution in [1.29, 1.82) is 0 Å². The van der Waals surface area contributed by atoms with E-state index >= 15 is 0 Å². The number of pyridine rings is 1. The number of rotatable bonds is 7. The number of nitrogens with zero attached hydrogens (tertiary/aromatic N) is 2. The Morgan fingerprint density at radius 2 is 1.77 bits per heavy atom. The Kier molecular flexibility index (Phi) is 6.35. The number of carbonyl (C=O) groups is 2. The highest BCUT2D eigenvalue weighted by Gasteiger charge is 2.33. The number of carboxylic acid groups (broad SMARTS) is 1. The van der Waals surface area contributed by atoms with Gasteiger partial charge >= 0.3 is 5.97 Å². The molecule has 0 bridgehead atoms. The van der Waals surface area contributed by atoms with E-state index in [9.17, 15) is 14.7 Å². The van der Waals surface area contributed by atoms with E-state index in [0.29, 0.717) is 32.4 Å². The first-order valence-corrected chi connectivity index (χ1v) is 11.0. The zero-order valence-electron chi connectivity index (χ0n) is 16.6. The third-order valence-corrected chi connectivity index (χ3v) is 6.78. The summed E-state index contributed by atoms with van der Waals surface area (Å²) in [6, 6.07) is 19.3. The molecule has 5 nitrogen and oxygen atoms in total. The van der Waals surface area contributed by atoms with Crippen LogP contribution in [-0.4, -0.2) is 45.9 Å². The lowest BCUT2D eigenvalue weighted by atomic mass is 9.93. The van der Waals surface area contributed by atoms with Crippen molar-refractivity contribution >= 4 is 23.1 Å². The number of aromatic nitrogens is 1. The summed E-state index contributed by atoms with van der Waals surface area (Å²) in [6.45, 7) is 1.25. The van der Waals surface area contributed by atoms with Crippen LogP contribution in [0.5, 0.6) is 0 Å². The molecule has 3 aromatic rings. The minimum atomic E-state index is -0.737. The molecule has 0 amide bonds. The van der Waals surface area contributed by atoms with Gasteiger partial charge in [-0.15, -0.1) is 11.3 Å². The molecule has 1 unspecified atom stereocenters. The highest BCUT2D eigenvalue weighted by molar-refractivity contribution is 7.17. The van der Waals surface area contributed by atoms with Gasteiger partial charge in [-0.2, -0.15) is 0 Å². The maximum absolute atomic E-state index is 13.5. The van der Waals surface area contributed by atoms with E-state index in [1.807, 2.05) is 60.7 Å². The molecule has 3 heterocycles. The van der Waals surface area contributed by atoms with Crippen LogP contribution < -0.4 is 0 Å². The molecule has 0 radical (unpaired) electrons. The molecule has 0 saturated carbocycles. The molecule has 154 valence electrons. The van der Waals surface area contributed by atoms with Gasteiger partial charge in [-0.25, -0.2) is 0 Å². The summed E-state index contributed by atoms with van der Waals surface area (Å²) < 4.78 is 0. The maximum atomic E-state index is 13.5. The van der Waals surface area contributed by atoms with Crippen LogP contribution in [0.3, 0.4) is 0 Å². The summed E-state index contributed by atoms with van der Waals surface area (Å²) in [5, 5.41) is 9.31. The van der Waals surface area contributed by atoms with Gasteiger partial charge in [0.1, 0.15) is 0 Å². The Bertz CT molecular complexity index is 996. The first-order valence-electron chi connectivity index (χ1n) is 10.2. The van der Waals surface area contributed by atoms with Crippen molar-refractivity contribution in [3.05, 3.63) is 77.3 Å². The number of hydrogen-bond donors (Lipinski definition) is 1. The van der Waals surface area contributed by atoms with E-state index in [4.69, 9.17) is 0 Å². The Labute approximate surface area is 180 Å². The predicted octanol–water partition coefficient (Wildman–Crippen LogP) is 4.40. The molecule has 0 spiro atoms. The monoisotopic (exact) mass is 420 g/mol. The first kappa shape index (κ1) is 20.4. The molecule has 0 aliphatic carbocycles. The van der Waals surface area contributed by atoms with Gasteiger partial charge in [-0.05, 0) is 62.2 Å². The van der Waals surface area contributed by atoms with Crippen LogP contribution in [0.4, 0.5) is 0 Å². The molecule has 1 atom stereocenters. The van der Waals surface area contributed by atoms with Crippen LogP contribution >= 0.6 is 11.3 Å². The van der Waals surface area contributed by atoms with Crippen LogP contribution in [0.25, 0.3) is 10.6 Å². The smallest absolute Gasteiger partial charge is 0.306 e. The first-order chi connectivity index (χ1) is 14.6. The third kappa shape index (κ3) is 4.66. The normalized spacial score (nSPS) is 16.3. The summed E-state index contributed by atoms with van der Waals surface area (Å²) in [6.07, 6.45) is 3.53. The fourth-order valence-corrected chi connectivity index (χ4v) is 4.93. The topological polar surface area (TPSA) is 70.5 Å². The lowest BCUT2D eigenvalue weighted by Gasteiger charge is -2.35. The fraction of sp³-hybridized carbons (Fsp3) is 0.292. The van der Waals surface area contributed by atoms with E-state index in [1.165, 1.54) is 11.3 Å². The minimum Gasteiger partial charge on any atom is -0.481 e. The third-order valence-electron chi connectivity index (χ3n) is 5.66. The predicted molar refractivity (Wildman–Crippen MR) is 118 cm³/mol. The van der Waals surface area contributed by atoms with Gasteiger partial charge < -0.3 is 5.11 Å². The van der Waals surface area contributed by atoms with Gasteiger partial charge in [0.2, 0.25) is 0 Å². The lowest BCUT2D eigenvalue weighted by molar-refractivity contribution is -0.143. The van der Waals surface area contributed by atoms with Crippen LogP contribution in [-0.2, 0) is 11.2 Å². The molecule has 4 rings (SSSR count). The molecule has 1 N–H and O–H groups in total. The van der Waals surface area contributed by atoms with Gasteiger partial charge in [0, 0.05) is 6.20 Å². The summed E-state index contributed by atoms with van der Waals surface area (Å²) >= 11 is 1.47. The Morgan fingerprint density at radius 3 is 2.43 bits per heavy atom. The van der Waals surface area contributed by atoms with E-state index in [-0.39, 0.29) is 17.7 Å². The number of hydrogen-bond acceptors (Lipinski definition) is 5. The quantitative estimate of drug-likeness (QED) is 0.574. The number of ketones is 1. The van der Waals surface area contributed by atoms with Crippen molar-refractivity contribution < 1.29 is 14.7 Å². The maximum Gasteiger partial charge on any atom is 0.306 e. The molecule has 1 aliphatic heterocycles. The van der Waals surface area contributed by atoms with E-state index in [1.54, 1.807) is 6.20 Å². The molecule has 6 heteroatoms. The van der Waals surface area contributed by atoms with E-state index in [0.717, 1.165) is 21.0 Å². The van der Waals surface area contributed by atoms with Gasteiger partial charge in [0.05, 0.1) is 27.4 Å². The largest absolute Gasteiger partial charge is 0.481 e. The minimum absolute atomic E-state index is 0.0970. The standard InChI is InChI=1S/C24H24N2O3S/c27-23(22-10-9-21(30-22)19-8-4-5-13-25-19)20(16-17-6-2-1-3-7-17)26-14-11-18(12-15-26)24(28)29/h1-10,13,18,20H,11-12,14-16H2,(H,28,29). The van der Waals surface area contributed by atoms with Crippen molar-refractivity contribution in [2.45, 2.75) is 25.3 Å². The number of thiophene rings is 1. The average Bonchev–Trinajstić information content (AvgIpc) is 3.29. The molecule has 1 saturated heterocycles. The Hall–Kier alpha value is -2.83. The molecular formula is C24H24N2O3S. The van der Waals surface area contributed by atoms with Crippen molar-refractivity contribution in [2.24, 2.45) is 5.92 Å². The van der Waals surface area contributed by atoms with Crippen LogP contribution in [0.1, 0.15) is 28.1 Å². The van der Waals surface area contributed by atoms with Crippen molar-refractivity contribution in [2.75, 3.05) is 13.1 Å².